The Hall–Kier alpha value is -0.260. The molecule has 3 rings (SSSR count). The van der Waals surface area contributed by atoms with E-state index in [1.54, 1.807) is 0 Å². The van der Waals surface area contributed by atoms with Crippen LogP contribution in [0.4, 0.5) is 0 Å². The van der Waals surface area contributed by atoms with Crippen LogP contribution in [0, 0.1) is 47.3 Å². The molecule has 90 valence electrons. The molecule has 0 aliphatic heterocycles. The highest BCUT2D eigenvalue weighted by atomic mass is 14.6. The van der Waals surface area contributed by atoms with E-state index >= 15 is 0 Å². The lowest BCUT2D eigenvalue weighted by Gasteiger charge is -2.30. The Balaban J connectivity index is 1.91. The summed E-state index contributed by atoms with van der Waals surface area (Å²) in [5.41, 5.74) is 0. The Morgan fingerprint density at radius 3 is 1.56 bits per heavy atom. The molecule has 0 saturated heterocycles. The predicted octanol–water partition coefficient (Wildman–Crippen LogP) is 4.37. The van der Waals surface area contributed by atoms with E-state index < -0.39 is 0 Å². The fraction of sp³-hybridized carbons (Fsp3) is 0.875. The monoisotopic (exact) mass is 218 g/mol. The predicted molar refractivity (Wildman–Crippen MR) is 69.0 cm³/mol. The summed E-state index contributed by atoms with van der Waals surface area (Å²) in [5, 5.41) is 0. The van der Waals surface area contributed by atoms with Gasteiger partial charge >= 0.3 is 0 Å². The number of hydrogen-bond acceptors (Lipinski definition) is 0. The first-order chi connectivity index (χ1) is 7.59. The minimum atomic E-state index is 0.893. The van der Waals surface area contributed by atoms with E-state index in [0.29, 0.717) is 0 Å². The van der Waals surface area contributed by atoms with Crippen LogP contribution in [0.15, 0.2) is 12.2 Å². The maximum Gasteiger partial charge on any atom is -0.0194 e. The molecule has 0 N–H and O–H groups in total. The van der Waals surface area contributed by atoms with Gasteiger partial charge in [-0.2, -0.15) is 0 Å². The third-order valence-electron chi connectivity index (χ3n) is 5.83. The Morgan fingerprint density at radius 2 is 1.19 bits per heavy atom. The van der Waals surface area contributed by atoms with Crippen LogP contribution >= 0.6 is 0 Å². The lowest BCUT2D eigenvalue weighted by Crippen LogP contribution is -2.25. The van der Waals surface area contributed by atoms with Crippen molar-refractivity contribution in [1.82, 2.24) is 0 Å². The summed E-state index contributed by atoms with van der Waals surface area (Å²) in [4.78, 5) is 0. The van der Waals surface area contributed by atoms with E-state index in [4.69, 9.17) is 0 Å². The van der Waals surface area contributed by atoms with E-state index in [9.17, 15) is 0 Å². The molecule has 0 spiro atoms. The standard InChI is InChI=1S/C16H26/c1-9(2)13-8-14(10(3)4)16-12-6-5-11(7-12)15(13)16/h5-6,9-16H,7-8H2,1-4H3. The Kier molecular flexibility index (Phi) is 2.46. The van der Waals surface area contributed by atoms with Gasteiger partial charge in [0.05, 0.1) is 0 Å². The molecular weight excluding hydrogens is 192 g/mol. The summed E-state index contributed by atoms with van der Waals surface area (Å²) < 4.78 is 0. The maximum absolute atomic E-state index is 2.55. The second-order valence-corrected chi connectivity index (χ2v) is 7.15. The number of rotatable bonds is 2. The van der Waals surface area contributed by atoms with Gasteiger partial charge in [-0.05, 0) is 60.2 Å². The van der Waals surface area contributed by atoms with Crippen LogP contribution in [0.3, 0.4) is 0 Å². The molecule has 3 aliphatic rings. The van der Waals surface area contributed by atoms with Crippen molar-refractivity contribution in [2.45, 2.75) is 40.5 Å². The third-order valence-corrected chi connectivity index (χ3v) is 5.83. The molecule has 3 aliphatic carbocycles. The molecule has 0 aromatic rings. The molecule has 2 fully saturated rings. The number of allylic oxidation sites excluding steroid dienone is 2. The lowest BCUT2D eigenvalue weighted by atomic mass is 9.75. The zero-order valence-electron chi connectivity index (χ0n) is 11.2. The fourth-order valence-corrected chi connectivity index (χ4v) is 5.17. The highest BCUT2D eigenvalue weighted by Crippen LogP contribution is 2.62. The summed E-state index contributed by atoms with van der Waals surface area (Å²) in [6, 6.07) is 0. The molecule has 16 heavy (non-hydrogen) atoms. The minimum Gasteiger partial charge on any atom is -0.0848 e. The summed E-state index contributed by atoms with van der Waals surface area (Å²) in [6.07, 6.45) is 8.09. The van der Waals surface area contributed by atoms with Crippen molar-refractivity contribution in [3.05, 3.63) is 12.2 Å². The third kappa shape index (κ3) is 1.34. The van der Waals surface area contributed by atoms with Crippen molar-refractivity contribution >= 4 is 0 Å². The molecule has 6 atom stereocenters. The molecule has 0 heterocycles. The summed E-state index contributed by atoms with van der Waals surface area (Å²) >= 11 is 0. The second-order valence-electron chi connectivity index (χ2n) is 7.15. The summed E-state index contributed by atoms with van der Waals surface area (Å²) in [6.45, 7) is 9.78. The average molecular weight is 218 g/mol. The highest BCUT2D eigenvalue weighted by molar-refractivity contribution is 5.18. The van der Waals surface area contributed by atoms with Gasteiger partial charge < -0.3 is 0 Å². The van der Waals surface area contributed by atoms with Crippen molar-refractivity contribution in [2.24, 2.45) is 47.3 Å². The second kappa shape index (κ2) is 3.62. The molecule has 0 heteroatoms. The molecule has 2 bridgehead atoms. The molecule has 2 saturated carbocycles. The van der Waals surface area contributed by atoms with E-state index in [-0.39, 0.29) is 0 Å². The minimum absolute atomic E-state index is 0.893. The van der Waals surface area contributed by atoms with Crippen molar-refractivity contribution in [3.8, 4) is 0 Å². The first-order valence-corrected chi connectivity index (χ1v) is 7.28. The van der Waals surface area contributed by atoms with Crippen LogP contribution in [0.5, 0.6) is 0 Å². The van der Waals surface area contributed by atoms with Gasteiger partial charge in [0, 0.05) is 0 Å². The van der Waals surface area contributed by atoms with Crippen molar-refractivity contribution < 1.29 is 0 Å². The van der Waals surface area contributed by atoms with Crippen LogP contribution in [-0.2, 0) is 0 Å². The van der Waals surface area contributed by atoms with E-state index in [2.05, 4.69) is 39.8 Å². The summed E-state index contributed by atoms with van der Waals surface area (Å²) in [5.74, 6) is 7.80. The number of hydrogen-bond donors (Lipinski definition) is 0. The van der Waals surface area contributed by atoms with Gasteiger partial charge in [0.25, 0.3) is 0 Å². The van der Waals surface area contributed by atoms with Gasteiger partial charge in [-0.25, -0.2) is 0 Å². The van der Waals surface area contributed by atoms with Crippen LogP contribution in [-0.4, -0.2) is 0 Å². The molecule has 6 unspecified atom stereocenters. The molecule has 0 nitrogen and oxygen atoms in total. The Labute approximate surface area is 101 Å². The molecular formula is C16H26. The molecule has 0 amide bonds. The van der Waals surface area contributed by atoms with Gasteiger partial charge in [0.1, 0.15) is 0 Å². The Morgan fingerprint density at radius 1 is 0.750 bits per heavy atom. The quantitative estimate of drug-likeness (QED) is 0.604. The molecule has 0 radical (unpaired) electrons. The fourth-order valence-electron chi connectivity index (χ4n) is 5.17. The highest BCUT2D eigenvalue weighted by Gasteiger charge is 2.56. The topological polar surface area (TPSA) is 0 Å². The van der Waals surface area contributed by atoms with E-state index in [1.807, 2.05) is 0 Å². The van der Waals surface area contributed by atoms with Crippen LogP contribution in [0.25, 0.3) is 0 Å². The van der Waals surface area contributed by atoms with Crippen molar-refractivity contribution in [3.63, 3.8) is 0 Å². The normalized spacial score (nSPS) is 49.6. The Bertz CT molecular complexity index is 271. The van der Waals surface area contributed by atoms with Gasteiger partial charge in [0.2, 0.25) is 0 Å². The van der Waals surface area contributed by atoms with Crippen LogP contribution in [0.1, 0.15) is 40.5 Å². The van der Waals surface area contributed by atoms with Crippen molar-refractivity contribution in [2.75, 3.05) is 0 Å². The van der Waals surface area contributed by atoms with Gasteiger partial charge in [0.15, 0.2) is 0 Å². The smallest absolute Gasteiger partial charge is 0.0194 e. The first kappa shape index (κ1) is 10.9. The van der Waals surface area contributed by atoms with E-state index in [1.165, 1.54) is 12.8 Å². The van der Waals surface area contributed by atoms with E-state index in [0.717, 1.165) is 47.3 Å². The first-order valence-electron chi connectivity index (χ1n) is 7.28. The van der Waals surface area contributed by atoms with Crippen LogP contribution in [0.2, 0.25) is 0 Å². The van der Waals surface area contributed by atoms with Gasteiger partial charge in [-0.1, -0.05) is 39.8 Å². The van der Waals surface area contributed by atoms with Crippen LogP contribution < -0.4 is 0 Å². The zero-order chi connectivity index (χ0) is 11.4. The largest absolute Gasteiger partial charge is 0.0848 e. The summed E-state index contributed by atoms with van der Waals surface area (Å²) in [7, 11) is 0. The molecule has 0 aromatic heterocycles. The number of fused-ring (bicyclic) bond motifs is 5. The van der Waals surface area contributed by atoms with Gasteiger partial charge in [-0.15, -0.1) is 0 Å². The SMILES string of the molecule is CC(C)C1CC(C(C)C)C2C3C=CC(C3)C12. The molecule has 0 aromatic carbocycles. The van der Waals surface area contributed by atoms with Gasteiger partial charge in [-0.3, -0.25) is 0 Å². The zero-order valence-corrected chi connectivity index (χ0v) is 11.2. The maximum atomic E-state index is 2.55. The van der Waals surface area contributed by atoms with Crippen molar-refractivity contribution in [1.29, 1.82) is 0 Å². The lowest BCUT2D eigenvalue weighted by molar-refractivity contribution is 0.213. The average Bonchev–Trinajstić information content (AvgIpc) is 2.88.